The first-order valence-electron chi connectivity index (χ1n) is 11.1. The molecule has 2 aromatic carbocycles. The monoisotopic (exact) mass is 449 g/mol. The van der Waals surface area contributed by atoms with Gasteiger partial charge in [-0.3, -0.25) is 9.36 Å². The molecule has 0 radical (unpaired) electrons. The second-order valence-electron chi connectivity index (χ2n) is 8.23. The molecule has 7 nitrogen and oxygen atoms in total. The van der Waals surface area contributed by atoms with Crippen molar-refractivity contribution < 1.29 is 9.53 Å². The summed E-state index contributed by atoms with van der Waals surface area (Å²) in [5.41, 5.74) is 3.26. The van der Waals surface area contributed by atoms with Gasteiger partial charge in [-0.25, -0.2) is 0 Å². The van der Waals surface area contributed by atoms with Gasteiger partial charge in [0.1, 0.15) is 5.75 Å². The number of aryl methyl sites for hydroxylation is 1. The summed E-state index contributed by atoms with van der Waals surface area (Å²) in [4.78, 5) is 15.1. The molecule has 1 saturated heterocycles. The Morgan fingerprint density at radius 1 is 1.12 bits per heavy atom. The molecule has 0 unspecified atom stereocenters. The Morgan fingerprint density at radius 2 is 1.91 bits per heavy atom. The predicted molar refractivity (Wildman–Crippen MR) is 126 cm³/mol. The number of carbonyl (C=O) groups excluding carboxylic acids is 1. The molecule has 3 aromatic rings. The molecule has 1 aromatic heterocycles. The van der Waals surface area contributed by atoms with Gasteiger partial charge >= 0.3 is 0 Å². The van der Waals surface area contributed by atoms with Crippen molar-refractivity contribution in [2.24, 2.45) is 0 Å². The third-order valence-corrected chi connectivity index (χ3v) is 6.85. The van der Waals surface area contributed by atoms with Crippen LogP contribution in [0.25, 0.3) is 5.69 Å². The molecule has 2 aliphatic heterocycles. The van der Waals surface area contributed by atoms with Crippen molar-refractivity contribution in [2.75, 3.05) is 30.3 Å². The fourth-order valence-corrected chi connectivity index (χ4v) is 5.01. The lowest BCUT2D eigenvalue weighted by molar-refractivity contribution is -0.119. The number of nitrogens with zero attached hydrogens (tertiary/aromatic N) is 4. The number of amides is 1. The van der Waals surface area contributed by atoms with Crippen LogP contribution >= 0.6 is 11.8 Å². The van der Waals surface area contributed by atoms with E-state index >= 15 is 0 Å². The first kappa shape index (κ1) is 20.9. The number of aromatic nitrogens is 3. The van der Waals surface area contributed by atoms with Crippen molar-refractivity contribution in [1.82, 2.24) is 20.1 Å². The van der Waals surface area contributed by atoms with E-state index in [1.165, 1.54) is 17.3 Å². The van der Waals surface area contributed by atoms with Crippen LogP contribution in [0.2, 0.25) is 0 Å². The van der Waals surface area contributed by atoms with Crippen LogP contribution < -0.4 is 15.0 Å². The molecule has 0 bridgehead atoms. The van der Waals surface area contributed by atoms with E-state index in [1.807, 2.05) is 24.3 Å². The zero-order valence-corrected chi connectivity index (χ0v) is 19.0. The number of thioether (sulfide) groups is 1. The lowest BCUT2D eigenvalue weighted by atomic mass is 10.0. The largest absolute Gasteiger partial charge is 0.493 e. The molecular formula is C24H27N5O2S. The molecule has 0 aliphatic carbocycles. The van der Waals surface area contributed by atoms with Gasteiger partial charge in [-0.15, -0.1) is 10.2 Å². The van der Waals surface area contributed by atoms with Crippen molar-refractivity contribution in [3.8, 4) is 11.4 Å². The first-order valence-corrected chi connectivity index (χ1v) is 12.1. The summed E-state index contributed by atoms with van der Waals surface area (Å²) in [5, 5.41) is 12.8. The van der Waals surface area contributed by atoms with Crippen LogP contribution in [-0.2, 0) is 4.79 Å². The van der Waals surface area contributed by atoms with Crippen LogP contribution in [0.4, 0.5) is 5.95 Å². The quantitative estimate of drug-likeness (QED) is 0.576. The fraction of sp³-hybridized carbons (Fsp3) is 0.375. The summed E-state index contributed by atoms with van der Waals surface area (Å²) in [5.74, 6) is 1.97. The average Bonchev–Trinajstić information content (AvgIpc) is 3.48. The lowest BCUT2D eigenvalue weighted by Gasteiger charge is -2.26. The van der Waals surface area contributed by atoms with Gasteiger partial charge in [0.25, 0.3) is 0 Å². The van der Waals surface area contributed by atoms with Gasteiger partial charge in [-0.05, 0) is 38.0 Å². The highest BCUT2D eigenvalue weighted by atomic mass is 32.2. The summed E-state index contributed by atoms with van der Waals surface area (Å²) in [6.07, 6.45) is 3.10. The molecule has 1 fully saturated rings. The highest BCUT2D eigenvalue weighted by Gasteiger charge is 2.25. The molecule has 3 heterocycles. The molecule has 32 heavy (non-hydrogen) atoms. The maximum atomic E-state index is 12.8. The van der Waals surface area contributed by atoms with Crippen molar-refractivity contribution >= 4 is 23.6 Å². The minimum atomic E-state index is -0.0248. The summed E-state index contributed by atoms with van der Waals surface area (Å²) in [6.45, 7) is 4.65. The minimum absolute atomic E-state index is 0.0159. The Balaban J connectivity index is 1.32. The molecule has 0 spiro atoms. The first-order chi connectivity index (χ1) is 15.7. The molecule has 2 aliphatic rings. The standard InChI is InChI=1S/C24H27N5O2S/c1-17-8-10-18(11-9-17)29-23(28-13-4-5-14-28)26-27-24(29)32-16-22(30)25-20-12-15-31-21-7-3-2-6-19(20)21/h2-3,6-11,20H,4-5,12-16H2,1H3,(H,25,30)/t20-/m1/s1. The van der Waals surface area contributed by atoms with Crippen LogP contribution in [0.15, 0.2) is 53.7 Å². The van der Waals surface area contributed by atoms with E-state index in [0.717, 1.165) is 60.5 Å². The molecule has 1 N–H and O–H groups in total. The van der Waals surface area contributed by atoms with E-state index < -0.39 is 0 Å². The van der Waals surface area contributed by atoms with E-state index in [1.54, 1.807) is 0 Å². The molecule has 1 amide bonds. The molecule has 1 atom stereocenters. The fourth-order valence-electron chi connectivity index (χ4n) is 4.26. The highest BCUT2D eigenvalue weighted by molar-refractivity contribution is 7.99. The normalized spacial score (nSPS) is 17.7. The van der Waals surface area contributed by atoms with Gasteiger partial charge < -0.3 is 15.0 Å². The Bertz CT molecular complexity index is 1090. The topological polar surface area (TPSA) is 72.3 Å². The zero-order valence-electron chi connectivity index (χ0n) is 18.2. The number of anilines is 1. The Morgan fingerprint density at radius 3 is 2.72 bits per heavy atom. The molecule has 0 saturated carbocycles. The second kappa shape index (κ2) is 9.24. The molecule has 5 rings (SSSR count). The van der Waals surface area contributed by atoms with Crippen molar-refractivity contribution in [3.05, 3.63) is 59.7 Å². The number of ether oxygens (including phenoxy) is 1. The summed E-state index contributed by atoms with van der Waals surface area (Å²) in [7, 11) is 0. The summed E-state index contributed by atoms with van der Waals surface area (Å²) < 4.78 is 7.78. The average molecular weight is 450 g/mol. The second-order valence-corrected chi connectivity index (χ2v) is 9.17. The number of fused-ring (bicyclic) bond motifs is 1. The zero-order chi connectivity index (χ0) is 21.9. The number of nitrogens with one attached hydrogen (secondary N) is 1. The van der Waals surface area contributed by atoms with Gasteiger partial charge in [0.15, 0.2) is 5.16 Å². The Hall–Kier alpha value is -3.00. The smallest absolute Gasteiger partial charge is 0.232 e. The number of hydrogen-bond donors (Lipinski definition) is 1. The van der Waals surface area contributed by atoms with E-state index in [-0.39, 0.29) is 17.7 Å². The number of hydrogen-bond acceptors (Lipinski definition) is 6. The van der Waals surface area contributed by atoms with Crippen molar-refractivity contribution in [2.45, 2.75) is 37.4 Å². The van der Waals surface area contributed by atoms with Crippen LogP contribution in [0.1, 0.15) is 36.4 Å². The van der Waals surface area contributed by atoms with Gasteiger partial charge in [0.05, 0.1) is 24.1 Å². The van der Waals surface area contributed by atoms with E-state index in [0.29, 0.717) is 6.61 Å². The van der Waals surface area contributed by atoms with E-state index in [9.17, 15) is 4.79 Å². The SMILES string of the molecule is Cc1ccc(-n2c(SCC(=O)N[C@@H]3CCOc4ccccc43)nnc2N2CCCC2)cc1. The van der Waals surface area contributed by atoms with Gasteiger partial charge in [-0.2, -0.15) is 0 Å². The number of benzene rings is 2. The number of para-hydroxylation sites is 1. The van der Waals surface area contributed by atoms with Crippen LogP contribution in [0, 0.1) is 6.92 Å². The van der Waals surface area contributed by atoms with Gasteiger partial charge in [0.2, 0.25) is 11.9 Å². The number of carbonyl (C=O) groups is 1. The number of rotatable bonds is 6. The van der Waals surface area contributed by atoms with Crippen molar-refractivity contribution in [3.63, 3.8) is 0 Å². The summed E-state index contributed by atoms with van der Waals surface area (Å²) >= 11 is 1.42. The van der Waals surface area contributed by atoms with E-state index in [4.69, 9.17) is 4.74 Å². The van der Waals surface area contributed by atoms with Gasteiger partial charge in [-0.1, -0.05) is 47.7 Å². The lowest BCUT2D eigenvalue weighted by Crippen LogP contribution is -2.33. The maximum Gasteiger partial charge on any atom is 0.232 e. The third-order valence-electron chi connectivity index (χ3n) is 5.92. The van der Waals surface area contributed by atoms with Crippen molar-refractivity contribution in [1.29, 1.82) is 0 Å². The van der Waals surface area contributed by atoms with Gasteiger partial charge in [0, 0.05) is 25.1 Å². The van der Waals surface area contributed by atoms with Crippen LogP contribution in [0.5, 0.6) is 5.75 Å². The molecule has 166 valence electrons. The maximum absolute atomic E-state index is 12.8. The molecular weight excluding hydrogens is 422 g/mol. The van der Waals surface area contributed by atoms with Crippen LogP contribution in [-0.4, -0.2) is 46.1 Å². The third kappa shape index (κ3) is 4.32. The summed E-state index contributed by atoms with van der Waals surface area (Å²) in [6, 6.07) is 16.2. The molecule has 8 heteroatoms. The minimum Gasteiger partial charge on any atom is -0.493 e. The van der Waals surface area contributed by atoms with E-state index in [2.05, 4.69) is 56.2 Å². The van der Waals surface area contributed by atoms with Crippen LogP contribution in [0.3, 0.4) is 0 Å². The Kier molecular flexibility index (Phi) is 6.03. The highest BCUT2D eigenvalue weighted by Crippen LogP contribution is 2.32. The predicted octanol–water partition coefficient (Wildman–Crippen LogP) is 3.91. The Labute approximate surface area is 192 Å².